The van der Waals surface area contributed by atoms with Crippen LogP contribution in [-0.4, -0.2) is 19.3 Å². The van der Waals surface area contributed by atoms with Crippen LogP contribution in [0, 0.1) is 0 Å². The van der Waals surface area contributed by atoms with Crippen LogP contribution in [0.1, 0.15) is 20.3 Å². The number of ether oxygens (including phenoxy) is 1. The Morgan fingerprint density at radius 2 is 1.89 bits per heavy atom. The highest BCUT2D eigenvalue weighted by Gasteiger charge is 2.13. The fourth-order valence-corrected chi connectivity index (χ4v) is 0.450. The van der Waals surface area contributed by atoms with Gasteiger partial charge in [0.1, 0.15) is 0 Å². The van der Waals surface area contributed by atoms with Crippen molar-refractivity contribution in [2.24, 2.45) is 5.73 Å². The molecule has 0 aromatic carbocycles. The van der Waals surface area contributed by atoms with Crippen molar-refractivity contribution in [3.8, 4) is 0 Å². The minimum Gasteiger partial charge on any atom is -0.379 e. The molecule has 0 heterocycles. The SMILES string of the molecule is COC(C)(C)CCN.Cl. The highest BCUT2D eigenvalue weighted by Crippen LogP contribution is 2.10. The van der Waals surface area contributed by atoms with Gasteiger partial charge in [-0.15, -0.1) is 12.4 Å². The molecule has 0 aromatic heterocycles. The molecule has 0 spiro atoms. The third-order valence-electron chi connectivity index (χ3n) is 1.30. The first-order valence-electron chi connectivity index (χ1n) is 2.87. The van der Waals surface area contributed by atoms with Gasteiger partial charge in [0.25, 0.3) is 0 Å². The zero-order valence-corrected chi connectivity index (χ0v) is 7.12. The van der Waals surface area contributed by atoms with Gasteiger partial charge < -0.3 is 10.5 Å². The van der Waals surface area contributed by atoms with Crippen LogP contribution in [0.2, 0.25) is 0 Å². The normalized spacial score (nSPS) is 10.7. The largest absolute Gasteiger partial charge is 0.379 e. The molecule has 0 unspecified atom stereocenters. The molecule has 0 aliphatic heterocycles. The summed E-state index contributed by atoms with van der Waals surface area (Å²) in [6, 6.07) is 0. The molecule has 0 aliphatic rings. The van der Waals surface area contributed by atoms with Crippen LogP contribution >= 0.6 is 12.4 Å². The second-order valence-electron chi connectivity index (χ2n) is 2.50. The summed E-state index contributed by atoms with van der Waals surface area (Å²) in [6.45, 7) is 4.75. The van der Waals surface area contributed by atoms with Gasteiger partial charge in [0, 0.05) is 7.11 Å². The van der Waals surface area contributed by atoms with E-state index >= 15 is 0 Å². The van der Waals surface area contributed by atoms with Crippen molar-refractivity contribution in [1.82, 2.24) is 0 Å². The van der Waals surface area contributed by atoms with Gasteiger partial charge >= 0.3 is 0 Å². The molecule has 0 aromatic rings. The number of nitrogens with two attached hydrogens (primary N) is 1. The molecule has 58 valence electrons. The highest BCUT2D eigenvalue weighted by molar-refractivity contribution is 5.85. The molecule has 0 amide bonds. The van der Waals surface area contributed by atoms with Crippen molar-refractivity contribution < 1.29 is 4.74 Å². The number of rotatable bonds is 3. The van der Waals surface area contributed by atoms with Crippen molar-refractivity contribution in [2.45, 2.75) is 25.9 Å². The van der Waals surface area contributed by atoms with Crippen molar-refractivity contribution in [3.63, 3.8) is 0 Å². The molecule has 0 bridgehead atoms. The molecule has 0 saturated carbocycles. The minimum atomic E-state index is -0.0330. The third-order valence-corrected chi connectivity index (χ3v) is 1.30. The van der Waals surface area contributed by atoms with Crippen LogP contribution in [0.4, 0.5) is 0 Å². The summed E-state index contributed by atoms with van der Waals surface area (Å²) in [5, 5.41) is 0. The second-order valence-corrected chi connectivity index (χ2v) is 2.50. The molecule has 3 heteroatoms. The number of hydrogen-bond acceptors (Lipinski definition) is 2. The molecule has 2 N–H and O–H groups in total. The van der Waals surface area contributed by atoms with E-state index < -0.39 is 0 Å². The van der Waals surface area contributed by atoms with E-state index in [4.69, 9.17) is 10.5 Å². The molecule has 0 radical (unpaired) electrons. The zero-order chi connectivity index (χ0) is 6.62. The van der Waals surface area contributed by atoms with E-state index in [2.05, 4.69) is 0 Å². The maximum Gasteiger partial charge on any atom is 0.0634 e. The highest BCUT2D eigenvalue weighted by atomic mass is 35.5. The van der Waals surface area contributed by atoms with Gasteiger partial charge in [-0.1, -0.05) is 0 Å². The lowest BCUT2D eigenvalue weighted by atomic mass is 10.1. The van der Waals surface area contributed by atoms with Gasteiger partial charge in [0.15, 0.2) is 0 Å². The average molecular weight is 154 g/mol. The van der Waals surface area contributed by atoms with E-state index in [-0.39, 0.29) is 18.0 Å². The maximum absolute atomic E-state index is 5.31. The van der Waals surface area contributed by atoms with E-state index in [0.29, 0.717) is 6.54 Å². The molecule has 0 aliphatic carbocycles. The maximum atomic E-state index is 5.31. The number of hydrogen-bond donors (Lipinski definition) is 1. The Bertz CT molecular complexity index is 66.1. The fraction of sp³-hybridized carbons (Fsp3) is 1.00. The van der Waals surface area contributed by atoms with E-state index in [1.54, 1.807) is 7.11 Å². The first kappa shape index (κ1) is 11.9. The summed E-state index contributed by atoms with van der Waals surface area (Å²) < 4.78 is 5.10. The van der Waals surface area contributed by atoms with Gasteiger partial charge in [0.05, 0.1) is 5.60 Å². The lowest BCUT2D eigenvalue weighted by Gasteiger charge is -2.21. The summed E-state index contributed by atoms with van der Waals surface area (Å²) in [4.78, 5) is 0. The Hall–Kier alpha value is 0.210. The van der Waals surface area contributed by atoms with Gasteiger partial charge in [0.2, 0.25) is 0 Å². The molecule has 0 fully saturated rings. The predicted molar refractivity (Wildman–Crippen MR) is 42.0 cm³/mol. The second kappa shape index (κ2) is 5.03. The Labute approximate surface area is 63.2 Å². The lowest BCUT2D eigenvalue weighted by molar-refractivity contribution is 0.0176. The van der Waals surface area contributed by atoms with E-state index in [0.717, 1.165) is 6.42 Å². The number of halogens is 1. The molecular weight excluding hydrogens is 138 g/mol. The van der Waals surface area contributed by atoms with Crippen LogP contribution < -0.4 is 5.73 Å². The Kier molecular flexibility index (Phi) is 6.68. The molecular formula is C6H16ClNO. The summed E-state index contributed by atoms with van der Waals surface area (Å²) >= 11 is 0. The standard InChI is InChI=1S/C6H15NO.ClH/c1-6(2,8-3)4-5-7;/h4-5,7H2,1-3H3;1H. The summed E-state index contributed by atoms with van der Waals surface area (Å²) in [7, 11) is 1.70. The predicted octanol–water partition coefficient (Wildman–Crippen LogP) is 1.18. The molecule has 0 atom stereocenters. The Morgan fingerprint density at radius 1 is 1.44 bits per heavy atom. The zero-order valence-electron chi connectivity index (χ0n) is 6.31. The third kappa shape index (κ3) is 6.09. The average Bonchev–Trinajstić information content (AvgIpc) is 1.67. The van der Waals surface area contributed by atoms with Crippen LogP contribution in [-0.2, 0) is 4.74 Å². The first-order valence-corrected chi connectivity index (χ1v) is 2.87. The Morgan fingerprint density at radius 3 is 2.00 bits per heavy atom. The van der Waals surface area contributed by atoms with Gasteiger partial charge in [-0.05, 0) is 26.8 Å². The molecule has 2 nitrogen and oxygen atoms in total. The Balaban J connectivity index is 0. The fourth-order valence-electron chi connectivity index (χ4n) is 0.450. The van der Waals surface area contributed by atoms with Gasteiger partial charge in [-0.3, -0.25) is 0 Å². The number of methoxy groups -OCH3 is 1. The topological polar surface area (TPSA) is 35.2 Å². The molecule has 9 heavy (non-hydrogen) atoms. The summed E-state index contributed by atoms with van der Waals surface area (Å²) in [5.41, 5.74) is 5.28. The minimum absolute atomic E-state index is 0. The smallest absolute Gasteiger partial charge is 0.0634 e. The van der Waals surface area contributed by atoms with E-state index in [9.17, 15) is 0 Å². The monoisotopic (exact) mass is 153 g/mol. The van der Waals surface area contributed by atoms with E-state index in [1.807, 2.05) is 13.8 Å². The van der Waals surface area contributed by atoms with Crippen LogP contribution in [0.5, 0.6) is 0 Å². The van der Waals surface area contributed by atoms with Crippen LogP contribution in [0.3, 0.4) is 0 Å². The van der Waals surface area contributed by atoms with E-state index in [1.165, 1.54) is 0 Å². The first-order chi connectivity index (χ1) is 3.62. The van der Waals surface area contributed by atoms with Gasteiger partial charge in [-0.2, -0.15) is 0 Å². The van der Waals surface area contributed by atoms with Crippen LogP contribution in [0.15, 0.2) is 0 Å². The van der Waals surface area contributed by atoms with Crippen LogP contribution in [0.25, 0.3) is 0 Å². The van der Waals surface area contributed by atoms with Crippen molar-refractivity contribution >= 4 is 12.4 Å². The summed E-state index contributed by atoms with van der Waals surface area (Å²) in [5.74, 6) is 0. The van der Waals surface area contributed by atoms with Crippen molar-refractivity contribution in [3.05, 3.63) is 0 Å². The molecule has 0 saturated heterocycles. The molecule has 0 rings (SSSR count). The summed E-state index contributed by atoms with van der Waals surface area (Å²) in [6.07, 6.45) is 0.920. The van der Waals surface area contributed by atoms with Crippen molar-refractivity contribution in [2.75, 3.05) is 13.7 Å². The van der Waals surface area contributed by atoms with Gasteiger partial charge in [-0.25, -0.2) is 0 Å². The van der Waals surface area contributed by atoms with Crippen molar-refractivity contribution in [1.29, 1.82) is 0 Å². The quantitative estimate of drug-likeness (QED) is 0.661. The lowest BCUT2D eigenvalue weighted by Crippen LogP contribution is -2.25.